The monoisotopic (exact) mass is 442 g/mol. The molecule has 0 radical (unpaired) electrons. The molecule has 1 saturated heterocycles. The fourth-order valence-corrected chi connectivity index (χ4v) is 6.17. The number of carbonyl (C=O) groups is 1. The second kappa shape index (κ2) is 10.3. The zero-order valence-electron chi connectivity index (χ0n) is 19.6. The van der Waals surface area contributed by atoms with E-state index in [4.69, 9.17) is 9.97 Å². The van der Waals surface area contributed by atoms with E-state index in [0.717, 1.165) is 69.9 Å². The molecule has 0 unspecified atom stereocenters. The molecular weight excluding hydrogens is 404 g/mol. The van der Waals surface area contributed by atoms with Gasteiger partial charge in [0, 0.05) is 43.9 Å². The zero-order valence-corrected chi connectivity index (χ0v) is 20.4. The highest BCUT2D eigenvalue weighted by Crippen LogP contribution is 2.39. The molecule has 1 aliphatic heterocycles. The molecule has 4 rings (SSSR count). The Kier molecular flexibility index (Phi) is 7.47. The Hall–Kier alpha value is -1.69. The van der Waals surface area contributed by atoms with Gasteiger partial charge in [0.15, 0.2) is 0 Å². The maximum Gasteiger partial charge on any atom is 0.222 e. The van der Waals surface area contributed by atoms with E-state index in [-0.39, 0.29) is 0 Å². The third kappa shape index (κ3) is 5.21. The molecule has 0 bridgehead atoms. The number of aromatic nitrogens is 2. The van der Waals surface area contributed by atoms with Gasteiger partial charge in [0.05, 0.1) is 5.39 Å². The van der Waals surface area contributed by atoms with Gasteiger partial charge in [-0.25, -0.2) is 9.97 Å². The van der Waals surface area contributed by atoms with Crippen LogP contribution in [0.2, 0.25) is 0 Å². The van der Waals surface area contributed by atoms with Gasteiger partial charge in [-0.05, 0) is 43.6 Å². The number of fused-ring (bicyclic) bond motifs is 3. The minimum absolute atomic E-state index is 0.325. The lowest BCUT2D eigenvalue weighted by molar-refractivity contribution is -0.131. The van der Waals surface area contributed by atoms with Crippen molar-refractivity contribution in [2.75, 3.05) is 31.1 Å². The highest BCUT2D eigenvalue weighted by molar-refractivity contribution is 7.19. The molecule has 5 nitrogen and oxygen atoms in total. The number of thiophene rings is 1. The third-order valence-electron chi connectivity index (χ3n) is 6.61. The van der Waals surface area contributed by atoms with Crippen LogP contribution in [0, 0.1) is 5.92 Å². The molecule has 1 fully saturated rings. The summed E-state index contributed by atoms with van der Waals surface area (Å²) in [5.41, 5.74) is 1.52. The standard InChI is InChI=1S/C25H38N4OS/c1-4-5-7-12-22(30)28-13-15-29(16-14-28)24-23-19-10-8-6-9-11-20(19)31-25(23)27-21(26-24)17-18(2)3/h18H,4-17H2,1-3H3. The van der Waals surface area contributed by atoms with Gasteiger partial charge >= 0.3 is 0 Å². The molecule has 0 N–H and O–H groups in total. The predicted molar refractivity (Wildman–Crippen MR) is 130 cm³/mol. The zero-order chi connectivity index (χ0) is 21.8. The van der Waals surface area contributed by atoms with Gasteiger partial charge in [0.2, 0.25) is 5.91 Å². The van der Waals surface area contributed by atoms with E-state index in [1.165, 1.54) is 46.3 Å². The summed E-state index contributed by atoms with van der Waals surface area (Å²) in [6.45, 7) is 10.0. The van der Waals surface area contributed by atoms with Crippen molar-refractivity contribution in [3.63, 3.8) is 0 Å². The van der Waals surface area contributed by atoms with Crippen LogP contribution >= 0.6 is 11.3 Å². The minimum atomic E-state index is 0.325. The molecule has 2 aromatic rings. The first-order chi connectivity index (χ1) is 15.1. The van der Waals surface area contributed by atoms with E-state index in [1.807, 2.05) is 11.3 Å². The van der Waals surface area contributed by atoms with Crippen LogP contribution in [0.5, 0.6) is 0 Å². The SMILES string of the molecule is CCCCCC(=O)N1CCN(c2nc(CC(C)C)nc3sc4c(c23)CCCCC4)CC1. The Morgan fingerprint density at radius 3 is 2.55 bits per heavy atom. The van der Waals surface area contributed by atoms with E-state index >= 15 is 0 Å². The van der Waals surface area contributed by atoms with Crippen LogP contribution in [0.15, 0.2) is 0 Å². The number of aryl methyl sites for hydroxylation is 2. The van der Waals surface area contributed by atoms with Crippen molar-refractivity contribution in [2.45, 2.75) is 85.0 Å². The molecule has 31 heavy (non-hydrogen) atoms. The first-order valence-electron chi connectivity index (χ1n) is 12.4. The smallest absolute Gasteiger partial charge is 0.222 e. The number of nitrogens with zero attached hydrogens (tertiary/aromatic N) is 4. The van der Waals surface area contributed by atoms with Crippen LogP contribution in [0.25, 0.3) is 10.2 Å². The molecule has 3 heterocycles. The van der Waals surface area contributed by atoms with E-state index < -0.39 is 0 Å². The van der Waals surface area contributed by atoms with Crippen LogP contribution in [-0.2, 0) is 24.1 Å². The van der Waals surface area contributed by atoms with Crippen LogP contribution in [0.1, 0.15) is 82.0 Å². The van der Waals surface area contributed by atoms with E-state index in [9.17, 15) is 4.79 Å². The fraction of sp³-hybridized carbons (Fsp3) is 0.720. The number of piperazine rings is 1. The summed E-state index contributed by atoms with van der Waals surface area (Å²) in [6.07, 6.45) is 11.2. The molecule has 6 heteroatoms. The Balaban J connectivity index is 1.59. The van der Waals surface area contributed by atoms with Crippen molar-refractivity contribution < 1.29 is 4.79 Å². The fourth-order valence-electron chi connectivity index (χ4n) is 4.90. The van der Waals surface area contributed by atoms with E-state index in [0.29, 0.717) is 18.2 Å². The van der Waals surface area contributed by atoms with Crippen molar-refractivity contribution in [2.24, 2.45) is 5.92 Å². The Morgan fingerprint density at radius 2 is 1.81 bits per heavy atom. The van der Waals surface area contributed by atoms with Crippen LogP contribution in [0.4, 0.5) is 5.82 Å². The maximum atomic E-state index is 12.6. The third-order valence-corrected chi connectivity index (χ3v) is 7.79. The van der Waals surface area contributed by atoms with Crippen LogP contribution in [-0.4, -0.2) is 47.0 Å². The highest BCUT2D eigenvalue weighted by Gasteiger charge is 2.27. The average Bonchev–Trinajstić information content (AvgIpc) is 2.94. The molecule has 1 aliphatic carbocycles. The average molecular weight is 443 g/mol. The molecule has 1 amide bonds. The Bertz CT molecular complexity index is 899. The molecule has 0 saturated carbocycles. The molecule has 2 aliphatic rings. The molecular formula is C25H38N4OS. The Labute approximate surface area is 191 Å². The van der Waals surface area contributed by atoms with Crippen molar-refractivity contribution >= 4 is 33.3 Å². The number of rotatable bonds is 7. The van der Waals surface area contributed by atoms with Crippen molar-refractivity contribution in [1.82, 2.24) is 14.9 Å². The summed E-state index contributed by atoms with van der Waals surface area (Å²) >= 11 is 1.91. The van der Waals surface area contributed by atoms with Crippen molar-refractivity contribution in [3.8, 4) is 0 Å². The largest absolute Gasteiger partial charge is 0.352 e. The van der Waals surface area contributed by atoms with Gasteiger partial charge in [-0.15, -0.1) is 11.3 Å². The van der Waals surface area contributed by atoms with E-state index in [2.05, 4.69) is 30.6 Å². The lowest BCUT2D eigenvalue weighted by Crippen LogP contribution is -2.49. The number of carbonyl (C=O) groups excluding carboxylic acids is 1. The summed E-state index contributed by atoms with van der Waals surface area (Å²) in [6, 6.07) is 0. The number of unbranched alkanes of at least 4 members (excludes halogenated alkanes) is 2. The topological polar surface area (TPSA) is 49.3 Å². The van der Waals surface area contributed by atoms with Gasteiger partial charge < -0.3 is 9.80 Å². The van der Waals surface area contributed by atoms with E-state index in [1.54, 1.807) is 0 Å². The highest BCUT2D eigenvalue weighted by atomic mass is 32.1. The molecule has 0 aromatic carbocycles. The van der Waals surface area contributed by atoms with Crippen LogP contribution in [0.3, 0.4) is 0 Å². The normalized spacial score (nSPS) is 17.3. The van der Waals surface area contributed by atoms with Crippen LogP contribution < -0.4 is 4.90 Å². The molecule has 170 valence electrons. The summed E-state index contributed by atoms with van der Waals surface area (Å²) in [4.78, 5) is 29.9. The second-order valence-electron chi connectivity index (χ2n) is 9.63. The maximum absolute atomic E-state index is 12.6. The van der Waals surface area contributed by atoms with Crippen molar-refractivity contribution in [3.05, 3.63) is 16.3 Å². The summed E-state index contributed by atoms with van der Waals surface area (Å²) in [5, 5.41) is 1.32. The molecule has 0 spiro atoms. The quantitative estimate of drug-likeness (QED) is 0.426. The first-order valence-corrected chi connectivity index (χ1v) is 13.2. The number of hydrogen-bond donors (Lipinski definition) is 0. The summed E-state index contributed by atoms with van der Waals surface area (Å²) < 4.78 is 0. The lowest BCUT2D eigenvalue weighted by atomic mass is 10.1. The van der Waals surface area contributed by atoms with Crippen molar-refractivity contribution in [1.29, 1.82) is 0 Å². The molecule has 2 aromatic heterocycles. The van der Waals surface area contributed by atoms with Gasteiger partial charge in [0.25, 0.3) is 0 Å². The minimum Gasteiger partial charge on any atom is -0.352 e. The second-order valence-corrected chi connectivity index (χ2v) is 10.7. The lowest BCUT2D eigenvalue weighted by Gasteiger charge is -2.36. The molecule has 0 atom stereocenters. The first kappa shape index (κ1) is 22.5. The van der Waals surface area contributed by atoms with Gasteiger partial charge in [-0.1, -0.05) is 40.0 Å². The van der Waals surface area contributed by atoms with Gasteiger partial charge in [-0.2, -0.15) is 0 Å². The predicted octanol–water partition coefficient (Wildman–Crippen LogP) is 5.39. The number of hydrogen-bond acceptors (Lipinski definition) is 5. The van der Waals surface area contributed by atoms with Gasteiger partial charge in [-0.3, -0.25) is 4.79 Å². The number of amides is 1. The number of anilines is 1. The van der Waals surface area contributed by atoms with Gasteiger partial charge in [0.1, 0.15) is 16.5 Å². The summed E-state index contributed by atoms with van der Waals surface area (Å²) in [5.74, 6) is 2.98. The Morgan fingerprint density at radius 1 is 1.03 bits per heavy atom. The summed E-state index contributed by atoms with van der Waals surface area (Å²) in [7, 11) is 0.